The third-order valence-electron chi connectivity index (χ3n) is 1.54. The van der Waals surface area contributed by atoms with E-state index in [0.29, 0.717) is 10.8 Å². The predicted molar refractivity (Wildman–Crippen MR) is 55.6 cm³/mol. The summed E-state index contributed by atoms with van der Waals surface area (Å²) in [5.41, 5.74) is 0.305. The molecule has 0 aliphatic heterocycles. The summed E-state index contributed by atoms with van der Waals surface area (Å²) in [4.78, 5) is 26.0. The fraction of sp³-hybridized carbons (Fsp3) is 0.333. The van der Waals surface area contributed by atoms with Crippen LogP contribution in [0.2, 0.25) is 0 Å². The molecule has 0 spiro atoms. The van der Waals surface area contributed by atoms with Gasteiger partial charge in [-0.1, -0.05) is 0 Å². The van der Waals surface area contributed by atoms with E-state index in [2.05, 4.69) is 10.3 Å². The Balaban J connectivity index is 2.63. The second kappa shape index (κ2) is 5.22. The average molecular weight is 223 g/mol. The lowest BCUT2D eigenvalue weighted by atomic mass is 10.2. The lowest BCUT2D eigenvalue weighted by Gasteiger charge is -1.93. The van der Waals surface area contributed by atoms with Crippen LogP contribution in [0.15, 0.2) is 5.38 Å². The smallest absolute Gasteiger partial charge is 0.223 e. The first-order valence-corrected chi connectivity index (χ1v) is 5.14. The Bertz CT molecular complexity index is 419. The summed E-state index contributed by atoms with van der Waals surface area (Å²) >= 11 is 1.19. The van der Waals surface area contributed by atoms with Crippen molar-refractivity contribution in [1.82, 2.24) is 4.98 Å². The SMILES string of the molecule is CC(=O)Nc1nc(C(=O)CCC#N)cs1. The monoisotopic (exact) mass is 223 g/mol. The fourth-order valence-corrected chi connectivity index (χ4v) is 1.67. The third kappa shape index (κ3) is 3.48. The van der Waals surface area contributed by atoms with Crippen LogP contribution in [0, 0.1) is 11.3 Å². The number of ketones is 1. The average Bonchev–Trinajstić information content (AvgIpc) is 2.61. The van der Waals surface area contributed by atoms with Gasteiger partial charge in [-0.3, -0.25) is 9.59 Å². The second-order valence-corrected chi connectivity index (χ2v) is 3.66. The van der Waals surface area contributed by atoms with Gasteiger partial charge in [-0.2, -0.15) is 5.26 Å². The molecule has 1 amide bonds. The zero-order chi connectivity index (χ0) is 11.3. The van der Waals surface area contributed by atoms with Crippen molar-refractivity contribution < 1.29 is 9.59 Å². The molecule has 15 heavy (non-hydrogen) atoms. The van der Waals surface area contributed by atoms with Crippen LogP contribution < -0.4 is 5.32 Å². The lowest BCUT2D eigenvalue weighted by molar-refractivity contribution is -0.114. The number of hydrogen-bond donors (Lipinski definition) is 1. The van der Waals surface area contributed by atoms with E-state index in [9.17, 15) is 9.59 Å². The zero-order valence-electron chi connectivity index (χ0n) is 8.11. The van der Waals surface area contributed by atoms with Gasteiger partial charge in [-0.25, -0.2) is 4.98 Å². The molecule has 0 fully saturated rings. The highest BCUT2D eigenvalue weighted by atomic mass is 32.1. The molecule has 0 bridgehead atoms. The van der Waals surface area contributed by atoms with Crippen LogP contribution in [0.25, 0.3) is 0 Å². The number of carbonyl (C=O) groups is 2. The molecule has 0 atom stereocenters. The van der Waals surface area contributed by atoms with Crippen LogP contribution in [-0.4, -0.2) is 16.7 Å². The molecular formula is C9H9N3O2S. The van der Waals surface area contributed by atoms with Crippen molar-refractivity contribution >= 4 is 28.2 Å². The van der Waals surface area contributed by atoms with E-state index >= 15 is 0 Å². The summed E-state index contributed by atoms with van der Waals surface area (Å²) in [5, 5.41) is 12.8. The molecule has 5 nitrogen and oxygen atoms in total. The van der Waals surface area contributed by atoms with E-state index in [1.165, 1.54) is 18.3 Å². The number of rotatable bonds is 4. The van der Waals surface area contributed by atoms with Crippen LogP contribution in [0.3, 0.4) is 0 Å². The fourth-order valence-electron chi connectivity index (χ4n) is 0.907. The lowest BCUT2D eigenvalue weighted by Crippen LogP contribution is -2.06. The van der Waals surface area contributed by atoms with Crippen molar-refractivity contribution in [1.29, 1.82) is 5.26 Å². The summed E-state index contributed by atoms with van der Waals surface area (Å²) in [6.45, 7) is 1.37. The van der Waals surface area contributed by atoms with Gasteiger partial charge in [0.25, 0.3) is 0 Å². The quantitative estimate of drug-likeness (QED) is 0.785. The molecule has 1 aromatic heterocycles. The van der Waals surface area contributed by atoms with E-state index in [-0.39, 0.29) is 24.5 Å². The van der Waals surface area contributed by atoms with Crippen molar-refractivity contribution in [3.05, 3.63) is 11.1 Å². The first kappa shape index (κ1) is 11.3. The second-order valence-electron chi connectivity index (χ2n) is 2.80. The number of nitrogens with one attached hydrogen (secondary N) is 1. The number of aromatic nitrogens is 1. The maximum absolute atomic E-state index is 11.4. The molecule has 0 aromatic carbocycles. The summed E-state index contributed by atoms with van der Waals surface area (Å²) in [7, 11) is 0. The molecule has 0 radical (unpaired) electrons. The minimum atomic E-state index is -0.222. The first-order valence-electron chi connectivity index (χ1n) is 4.26. The maximum atomic E-state index is 11.4. The number of amides is 1. The molecule has 0 aliphatic carbocycles. The van der Waals surface area contributed by atoms with Crippen LogP contribution in [0.4, 0.5) is 5.13 Å². The normalized spacial score (nSPS) is 9.33. The number of nitrogens with zero attached hydrogens (tertiary/aromatic N) is 2. The number of Topliss-reactive ketones (excluding diaryl/α,β-unsaturated/α-hetero) is 1. The van der Waals surface area contributed by atoms with Crippen molar-refractivity contribution in [3.8, 4) is 6.07 Å². The Kier molecular flexibility index (Phi) is 3.94. The predicted octanol–water partition coefficient (Wildman–Crippen LogP) is 1.59. The molecule has 78 valence electrons. The van der Waals surface area contributed by atoms with E-state index in [1.54, 1.807) is 5.38 Å². The number of thiazole rings is 1. The van der Waals surface area contributed by atoms with Crippen molar-refractivity contribution in [2.24, 2.45) is 0 Å². The van der Waals surface area contributed by atoms with Gasteiger partial charge >= 0.3 is 0 Å². The number of carbonyl (C=O) groups excluding carboxylic acids is 2. The summed E-state index contributed by atoms with van der Waals surface area (Å²) in [6, 6.07) is 1.89. The highest BCUT2D eigenvalue weighted by molar-refractivity contribution is 7.14. The van der Waals surface area contributed by atoms with Gasteiger partial charge < -0.3 is 5.32 Å². The Morgan fingerprint density at radius 2 is 2.40 bits per heavy atom. The highest BCUT2D eigenvalue weighted by Crippen LogP contribution is 2.16. The highest BCUT2D eigenvalue weighted by Gasteiger charge is 2.10. The standard InChI is InChI=1S/C9H9N3O2S/c1-6(13)11-9-12-7(5-15-9)8(14)3-2-4-10/h5H,2-3H2,1H3,(H,11,12,13). The molecule has 1 N–H and O–H groups in total. The maximum Gasteiger partial charge on any atom is 0.223 e. The molecular weight excluding hydrogens is 214 g/mol. The summed E-state index contributed by atoms with van der Waals surface area (Å²) in [6.07, 6.45) is 0.353. The van der Waals surface area contributed by atoms with Crippen LogP contribution in [0.5, 0.6) is 0 Å². The van der Waals surface area contributed by atoms with E-state index in [1.807, 2.05) is 6.07 Å². The molecule has 1 aromatic rings. The van der Waals surface area contributed by atoms with Gasteiger partial charge in [0.05, 0.1) is 6.07 Å². The molecule has 0 unspecified atom stereocenters. The minimum absolute atomic E-state index is 0.166. The third-order valence-corrected chi connectivity index (χ3v) is 2.29. The van der Waals surface area contributed by atoms with Gasteiger partial charge in [0, 0.05) is 25.1 Å². The number of hydrogen-bond acceptors (Lipinski definition) is 5. The Morgan fingerprint density at radius 3 is 3.00 bits per heavy atom. The van der Waals surface area contributed by atoms with E-state index in [0.717, 1.165) is 0 Å². The first-order chi connectivity index (χ1) is 7.13. The Hall–Kier alpha value is -1.74. The molecule has 0 saturated carbocycles. The summed E-state index contributed by atoms with van der Waals surface area (Å²) in [5.74, 6) is -0.398. The molecule has 1 rings (SSSR count). The van der Waals surface area contributed by atoms with Gasteiger partial charge in [-0.15, -0.1) is 11.3 Å². The van der Waals surface area contributed by atoms with E-state index in [4.69, 9.17) is 5.26 Å². The van der Waals surface area contributed by atoms with Crippen LogP contribution in [0.1, 0.15) is 30.3 Å². The number of anilines is 1. The zero-order valence-corrected chi connectivity index (χ0v) is 8.93. The Morgan fingerprint density at radius 1 is 1.67 bits per heavy atom. The van der Waals surface area contributed by atoms with Crippen molar-refractivity contribution in [3.63, 3.8) is 0 Å². The van der Waals surface area contributed by atoms with Gasteiger partial charge in [0.15, 0.2) is 10.9 Å². The molecule has 6 heteroatoms. The molecule has 0 saturated heterocycles. The van der Waals surface area contributed by atoms with Crippen LogP contribution in [-0.2, 0) is 4.79 Å². The van der Waals surface area contributed by atoms with Crippen molar-refractivity contribution in [2.45, 2.75) is 19.8 Å². The van der Waals surface area contributed by atoms with Gasteiger partial charge in [-0.05, 0) is 0 Å². The van der Waals surface area contributed by atoms with Gasteiger partial charge in [0.2, 0.25) is 5.91 Å². The van der Waals surface area contributed by atoms with Crippen molar-refractivity contribution in [2.75, 3.05) is 5.32 Å². The molecule has 1 heterocycles. The summed E-state index contributed by atoms with van der Waals surface area (Å²) < 4.78 is 0. The van der Waals surface area contributed by atoms with Crippen LogP contribution >= 0.6 is 11.3 Å². The van der Waals surface area contributed by atoms with E-state index < -0.39 is 0 Å². The topological polar surface area (TPSA) is 82.8 Å². The largest absolute Gasteiger partial charge is 0.302 e. The minimum Gasteiger partial charge on any atom is -0.302 e. The number of nitriles is 1. The van der Waals surface area contributed by atoms with Gasteiger partial charge in [0.1, 0.15) is 5.69 Å². The molecule has 0 aliphatic rings. The Labute approximate surface area is 90.7 Å².